The molecule has 0 atom stereocenters. The van der Waals surface area contributed by atoms with Gasteiger partial charge in [0.2, 0.25) is 10.0 Å². The molecule has 1 saturated heterocycles. The van der Waals surface area contributed by atoms with Crippen molar-refractivity contribution in [3.63, 3.8) is 0 Å². The van der Waals surface area contributed by atoms with Crippen LogP contribution in [0, 0.1) is 11.3 Å². The van der Waals surface area contributed by atoms with Crippen LogP contribution in [0.1, 0.15) is 34.7 Å². The van der Waals surface area contributed by atoms with Gasteiger partial charge in [-0.1, -0.05) is 12.1 Å². The number of likely N-dealkylation sites (tertiary alicyclic amines) is 1. The van der Waals surface area contributed by atoms with Crippen LogP contribution in [0.4, 0.5) is 0 Å². The van der Waals surface area contributed by atoms with E-state index in [9.17, 15) is 13.2 Å². The van der Waals surface area contributed by atoms with Gasteiger partial charge >= 0.3 is 0 Å². The van der Waals surface area contributed by atoms with Crippen LogP contribution in [0.3, 0.4) is 0 Å². The first-order chi connectivity index (χ1) is 13.8. The van der Waals surface area contributed by atoms with Crippen molar-refractivity contribution >= 4 is 15.9 Å². The predicted octanol–water partition coefficient (Wildman–Crippen LogP) is 2.23. The first kappa shape index (κ1) is 20.9. The zero-order valence-electron chi connectivity index (χ0n) is 16.4. The van der Waals surface area contributed by atoms with E-state index in [-0.39, 0.29) is 24.3 Å². The topological polar surface area (TPSA) is 104 Å². The molecular weight excluding hydrogens is 394 g/mol. The summed E-state index contributed by atoms with van der Waals surface area (Å²) in [5, 5.41) is 9.09. The highest BCUT2D eigenvalue weighted by Gasteiger charge is 2.30. The summed E-state index contributed by atoms with van der Waals surface area (Å²) in [6, 6.07) is 12.1. The van der Waals surface area contributed by atoms with Crippen LogP contribution in [0.15, 0.2) is 40.8 Å². The number of piperidine rings is 1. The van der Waals surface area contributed by atoms with E-state index in [0.29, 0.717) is 43.0 Å². The molecule has 0 bridgehead atoms. The van der Waals surface area contributed by atoms with E-state index < -0.39 is 10.0 Å². The van der Waals surface area contributed by atoms with Crippen LogP contribution >= 0.6 is 0 Å². The Morgan fingerprint density at radius 3 is 2.62 bits per heavy atom. The molecule has 1 aliphatic rings. The van der Waals surface area contributed by atoms with Crippen molar-refractivity contribution in [3.05, 3.63) is 53.5 Å². The number of ether oxygens (including phenoxy) is 1. The van der Waals surface area contributed by atoms with Crippen LogP contribution in [-0.4, -0.2) is 56.0 Å². The molecule has 1 aliphatic heterocycles. The summed E-state index contributed by atoms with van der Waals surface area (Å²) in [7, 11) is -1.68. The predicted molar refractivity (Wildman–Crippen MR) is 106 cm³/mol. The van der Waals surface area contributed by atoms with E-state index in [2.05, 4.69) is 6.07 Å². The van der Waals surface area contributed by atoms with Crippen LogP contribution in [-0.2, 0) is 16.6 Å². The standard InChI is InChI=1S/C20H23N3O5S/c1-22(29(2,25)26)16-9-11-23(12-10-16)20(24)19-8-7-17(28-19)14-27-18-6-4-3-5-15(18)13-21/h3-8,16H,9-12,14H2,1-2H3. The van der Waals surface area contributed by atoms with Gasteiger partial charge in [0.1, 0.15) is 24.2 Å². The second kappa shape index (κ2) is 8.68. The highest BCUT2D eigenvalue weighted by atomic mass is 32.2. The first-order valence-corrected chi connectivity index (χ1v) is 11.1. The molecule has 1 aromatic carbocycles. The number of carbonyl (C=O) groups is 1. The molecule has 2 heterocycles. The lowest BCUT2D eigenvalue weighted by Gasteiger charge is -2.35. The van der Waals surface area contributed by atoms with Crippen molar-refractivity contribution in [2.24, 2.45) is 0 Å². The number of para-hydroxylation sites is 1. The Morgan fingerprint density at radius 1 is 1.28 bits per heavy atom. The number of sulfonamides is 1. The average Bonchev–Trinajstić information content (AvgIpc) is 3.20. The van der Waals surface area contributed by atoms with Crippen molar-refractivity contribution < 1.29 is 22.4 Å². The van der Waals surface area contributed by atoms with Gasteiger partial charge in [0.05, 0.1) is 11.8 Å². The van der Waals surface area contributed by atoms with Gasteiger partial charge in [0.15, 0.2) is 5.76 Å². The summed E-state index contributed by atoms with van der Waals surface area (Å²) in [4.78, 5) is 14.3. The summed E-state index contributed by atoms with van der Waals surface area (Å²) in [5.74, 6) is 0.922. The molecule has 1 aromatic heterocycles. The maximum atomic E-state index is 12.7. The van der Waals surface area contributed by atoms with Gasteiger partial charge in [-0.05, 0) is 37.1 Å². The number of rotatable bonds is 6. The number of carbonyl (C=O) groups excluding carboxylic acids is 1. The molecule has 9 heteroatoms. The van der Waals surface area contributed by atoms with Gasteiger partial charge in [-0.3, -0.25) is 4.79 Å². The Hall–Kier alpha value is -2.83. The van der Waals surface area contributed by atoms with Gasteiger partial charge in [-0.25, -0.2) is 12.7 Å². The number of benzene rings is 1. The molecule has 0 N–H and O–H groups in total. The van der Waals surface area contributed by atoms with Gasteiger partial charge < -0.3 is 14.1 Å². The van der Waals surface area contributed by atoms with E-state index in [1.165, 1.54) is 10.6 Å². The quantitative estimate of drug-likeness (QED) is 0.714. The van der Waals surface area contributed by atoms with Crippen molar-refractivity contribution in [1.29, 1.82) is 5.26 Å². The van der Waals surface area contributed by atoms with E-state index in [1.54, 1.807) is 48.3 Å². The molecule has 0 unspecified atom stereocenters. The second-order valence-electron chi connectivity index (χ2n) is 6.97. The van der Waals surface area contributed by atoms with Crippen molar-refractivity contribution in [2.45, 2.75) is 25.5 Å². The average molecular weight is 417 g/mol. The van der Waals surface area contributed by atoms with Crippen molar-refractivity contribution in [3.8, 4) is 11.8 Å². The minimum absolute atomic E-state index is 0.102. The SMILES string of the molecule is CN(C1CCN(C(=O)c2ccc(COc3ccccc3C#N)o2)CC1)S(C)(=O)=O. The number of hydrogen-bond acceptors (Lipinski definition) is 6. The zero-order valence-corrected chi connectivity index (χ0v) is 17.2. The lowest BCUT2D eigenvalue weighted by molar-refractivity contribution is 0.0650. The minimum Gasteiger partial charge on any atom is -0.484 e. The molecular formula is C20H23N3O5S. The lowest BCUT2D eigenvalue weighted by atomic mass is 10.1. The van der Waals surface area contributed by atoms with Gasteiger partial charge in [0, 0.05) is 26.2 Å². The van der Waals surface area contributed by atoms with E-state index in [4.69, 9.17) is 14.4 Å². The monoisotopic (exact) mass is 417 g/mol. The molecule has 0 saturated carbocycles. The molecule has 3 rings (SSSR count). The smallest absolute Gasteiger partial charge is 0.289 e. The second-order valence-corrected chi connectivity index (χ2v) is 9.01. The highest BCUT2D eigenvalue weighted by molar-refractivity contribution is 7.88. The fourth-order valence-electron chi connectivity index (χ4n) is 3.26. The Kier molecular flexibility index (Phi) is 6.25. The third-order valence-corrected chi connectivity index (χ3v) is 6.38. The highest BCUT2D eigenvalue weighted by Crippen LogP contribution is 2.22. The maximum Gasteiger partial charge on any atom is 0.289 e. The summed E-state index contributed by atoms with van der Waals surface area (Å²) in [6.45, 7) is 1.03. The Bertz CT molecular complexity index is 1020. The largest absolute Gasteiger partial charge is 0.484 e. The number of nitrogens with zero attached hydrogens (tertiary/aromatic N) is 3. The summed E-state index contributed by atoms with van der Waals surface area (Å²) < 4.78 is 36.0. The Morgan fingerprint density at radius 2 is 1.97 bits per heavy atom. The lowest BCUT2D eigenvalue weighted by Crippen LogP contribution is -2.46. The van der Waals surface area contributed by atoms with E-state index >= 15 is 0 Å². The van der Waals surface area contributed by atoms with Crippen LogP contribution < -0.4 is 4.74 Å². The molecule has 0 spiro atoms. The fourth-order valence-corrected chi connectivity index (χ4v) is 4.02. The summed E-state index contributed by atoms with van der Waals surface area (Å²) in [5.41, 5.74) is 0.428. The molecule has 8 nitrogen and oxygen atoms in total. The first-order valence-electron chi connectivity index (χ1n) is 9.22. The molecule has 154 valence electrons. The molecule has 1 fully saturated rings. The summed E-state index contributed by atoms with van der Waals surface area (Å²) >= 11 is 0. The molecule has 1 amide bonds. The van der Waals surface area contributed by atoms with E-state index in [0.717, 1.165) is 0 Å². The number of amides is 1. The summed E-state index contributed by atoms with van der Waals surface area (Å²) in [6.07, 6.45) is 2.35. The molecule has 0 aliphatic carbocycles. The van der Waals surface area contributed by atoms with Crippen LogP contribution in [0.2, 0.25) is 0 Å². The van der Waals surface area contributed by atoms with Gasteiger partial charge in [0.25, 0.3) is 5.91 Å². The maximum absolute atomic E-state index is 12.7. The molecule has 2 aromatic rings. The van der Waals surface area contributed by atoms with Crippen LogP contribution in [0.25, 0.3) is 0 Å². The fraction of sp³-hybridized carbons (Fsp3) is 0.400. The third-order valence-electron chi connectivity index (χ3n) is 5.04. The molecule has 29 heavy (non-hydrogen) atoms. The Labute approximate surface area is 170 Å². The number of furan rings is 1. The number of nitriles is 1. The normalized spacial score (nSPS) is 15.3. The minimum atomic E-state index is -3.25. The Balaban J connectivity index is 1.57. The van der Waals surface area contributed by atoms with Gasteiger partial charge in [-0.15, -0.1) is 0 Å². The zero-order chi connectivity index (χ0) is 21.0. The van der Waals surface area contributed by atoms with Crippen molar-refractivity contribution in [1.82, 2.24) is 9.21 Å². The molecule has 0 radical (unpaired) electrons. The number of hydrogen-bond donors (Lipinski definition) is 0. The third kappa shape index (κ3) is 4.96. The van der Waals surface area contributed by atoms with Crippen molar-refractivity contribution in [2.75, 3.05) is 26.4 Å². The van der Waals surface area contributed by atoms with Gasteiger partial charge in [-0.2, -0.15) is 5.26 Å². The van der Waals surface area contributed by atoms with Crippen LogP contribution in [0.5, 0.6) is 5.75 Å². The van der Waals surface area contributed by atoms with E-state index in [1.807, 2.05) is 0 Å².